The lowest BCUT2D eigenvalue weighted by molar-refractivity contribution is -0.130. The predicted molar refractivity (Wildman–Crippen MR) is 49.4 cm³/mol. The van der Waals surface area contributed by atoms with Gasteiger partial charge in [-0.15, -0.1) is 0 Å². The van der Waals surface area contributed by atoms with Crippen LogP contribution in [0.1, 0.15) is 13.8 Å². The van der Waals surface area contributed by atoms with Gasteiger partial charge in [-0.3, -0.25) is 19.4 Å². The second kappa shape index (κ2) is 4.07. The maximum atomic E-state index is 11.5. The van der Waals surface area contributed by atoms with E-state index in [0.717, 1.165) is 9.80 Å². The highest BCUT2D eigenvalue weighted by Gasteiger charge is 2.42. The molecular weight excluding hydrogens is 202 g/mol. The summed E-state index contributed by atoms with van der Waals surface area (Å²) >= 11 is 0. The van der Waals surface area contributed by atoms with Crippen molar-refractivity contribution in [2.45, 2.75) is 13.8 Å². The number of rotatable bonds is 2. The smallest absolute Gasteiger partial charge is 0.334 e. The fourth-order valence-electron chi connectivity index (χ4n) is 1.31. The minimum absolute atomic E-state index is 0.125. The first-order chi connectivity index (χ1) is 7.08. The Morgan fingerprint density at radius 3 is 1.73 bits per heavy atom. The molecule has 0 aromatic rings. The average Bonchev–Trinajstić information content (AvgIpc) is 2.19. The summed E-state index contributed by atoms with van der Waals surface area (Å²) in [6.45, 7) is 3.43. The maximum absolute atomic E-state index is 11.5. The van der Waals surface area contributed by atoms with Crippen LogP contribution in [0.25, 0.3) is 0 Å². The molecule has 0 aliphatic carbocycles. The molecule has 0 atom stereocenters. The number of barbiturate groups is 1. The maximum Gasteiger partial charge on any atom is 0.334 e. The molecule has 7 nitrogen and oxygen atoms in total. The van der Waals surface area contributed by atoms with Gasteiger partial charge in [0, 0.05) is 13.1 Å². The molecule has 0 unspecified atom stereocenters. The molecule has 15 heavy (non-hydrogen) atoms. The van der Waals surface area contributed by atoms with E-state index in [2.05, 4.69) is 5.16 Å². The summed E-state index contributed by atoms with van der Waals surface area (Å²) in [6, 6.07) is -0.678. The third kappa shape index (κ3) is 1.56. The van der Waals surface area contributed by atoms with E-state index in [0.29, 0.717) is 0 Å². The van der Waals surface area contributed by atoms with E-state index in [-0.39, 0.29) is 13.1 Å². The zero-order valence-electron chi connectivity index (χ0n) is 8.43. The van der Waals surface area contributed by atoms with Crippen LogP contribution in [0.15, 0.2) is 5.16 Å². The number of carbonyl (C=O) groups is 3. The summed E-state index contributed by atoms with van der Waals surface area (Å²) in [7, 11) is 0. The van der Waals surface area contributed by atoms with Gasteiger partial charge >= 0.3 is 6.03 Å². The lowest BCUT2D eigenvalue weighted by Gasteiger charge is -2.30. The van der Waals surface area contributed by atoms with Crippen molar-refractivity contribution in [1.82, 2.24) is 9.80 Å². The molecule has 82 valence electrons. The first-order valence-electron chi connectivity index (χ1n) is 4.48. The second-order valence-corrected chi connectivity index (χ2v) is 2.83. The topological polar surface area (TPSA) is 90.3 Å². The summed E-state index contributed by atoms with van der Waals surface area (Å²) < 4.78 is 0. The number of nitrogens with zero attached hydrogens (tertiary/aromatic N) is 3. The molecule has 1 saturated heterocycles. The number of hydrogen-bond donors (Lipinski definition) is 1. The molecule has 1 N–H and O–H groups in total. The molecule has 1 heterocycles. The van der Waals surface area contributed by atoms with Gasteiger partial charge in [0.05, 0.1) is 0 Å². The fourth-order valence-corrected chi connectivity index (χ4v) is 1.31. The number of imide groups is 2. The van der Waals surface area contributed by atoms with Gasteiger partial charge in [-0.2, -0.15) is 0 Å². The predicted octanol–water partition coefficient (Wildman–Crippen LogP) is -0.353. The van der Waals surface area contributed by atoms with Crippen LogP contribution in [0.2, 0.25) is 0 Å². The Hall–Kier alpha value is -1.92. The summed E-state index contributed by atoms with van der Waals surface area (Å²) in [4.78, 5) is 36.1. The highest BCUT2D eigenvalue weighted by molar-refractivity contribution is 6.68. The molecule has 1 rings (SSSR count). The Bertz CT molecular complexity index is 322. The van der Waals surface area contributed by atoms with Gasteiger partial charge in [0.1, 0.15) is 0 Å². The fraction of sp³-hybridized carbons (Fsp3) is 0.500. The van der Waals surface area contributed by atoms with Crippen LogP contribution >= 0.6 is 0 Å². The minimum atomic E-state index is -0.861. The Labute approximate surface area is 85.9 Å². The molecule has 7 heteroatoms. The number of urea groups is 1. The molecule has 0 aromatic heterocycles. The number of oxime groups is 1. The highest BCUT2D eigenvalue weighted by Crippen LogP contribution is 2.09. The van der Waals surface area contributed by atoms with E-state index in [1.807, 2.05) is 0 Å². The summed E-state index contributed by atoms with van der Waals surface area (Å²) in [5.41, 5.74) is -0.627. The zero-order chi connectivity index (χ0) is 11.6. The summed E-state index contributed by atoms with van der Waals surface area (Å²) in [5.74, 6) is -1.72. The van der Waals surface area contributed by atoms with Crippen molar-refractivity contribution >= 4 is 23.6 Å². The normalized spacial score (nSPS) is 17.5. The molecule has 1 aliphatic rings. The van der Waals surface area contributed by atoms with Crippen molar-refractivity contribution in [2.75, 3.05) is 13.1 Å². The molecule has 0 aromatic carbocycles. The highest BCUT2D eigenvalue weighted by atomic mass is 16.4. The number of carbonyl (C=O) groups excluding carboxylic acids is 3. The third-order valence-corrected chi connectivity index (χ3v) is 2.09. The van der Waals surface area contributed by atoms with E-state index in [1.54, 1.807) is 13.8 Å². The van der Waals surface area contributed by atoms with Gasteiger partial charge in [-0.25, -0.2) is 4.79 Å². The van der Waals surface area contributed by atoms with Crippen LogP contribution in [0.3, 0.4) is 0 Å². The molecule has 0 saturated carbocycles. The number of hydrogen-bond acceptors (Lipinski definition) is 5. The standard InChI is InChI=1S/C8H11N3O4/c1-3-10-6(12)5(9-15)7(13)11(4-2)8(10)14/h15H,3-4H2,1-2H3. The van der Waals surface area contributed by atoms with Crippen LogP contribution in [-0.2, 0) is 9.59 Å². The zero-order valence-corrected chi connectivity index (χ0v) is 8.43. The quantitative estimate of drug-likeness (QED) is 0.501. The van der Waals surface area contributed by atoms with Crippen LogP contribution in [0.5, 0.6) is 0 Å². The molecule has 4 amide bonds. The van der Waals surface area contributed by atoms with Gasteiger partial charge in [0.15, 0.2) is 0 Å². The van der Waals surface area contributed by atoms with Crippen LogP contribution in [0, 0.1) is 0 Å². The first-order valence-corrected chi connectivity index (χ1v) is 4.48. The van der Waals surface area contributed by atoms with Crippen LogP contribution in [-0.4, -0.2) is 51.7 Å². The monoisotopic (exact) mass is 213 g/mol. The number of amides is 4. The lowest BCUT2D eigenvalue weighted by Crippen LogP contribution is -2.60. The Balaban J connectivity index is 3.15. The van der Waals surface area contributed by atoms with Crippen LogP contribution < -0.4 is 0 Å². The molecule has 0 bridgehead atoms. The van der Waals surface area contributed by atoms with Gasteiger partial charge in [0.2, 0.25) is 5.71 Å². The first kappa shape index (κ1) is 11.2. The van der Waals surface area contributed by atoms with E-state index >= 15 is 0 Å². The van der Waals surface area contributed by atoms with E-state index in [9.17, 15) is 14.4 Å². The Morgan fingerprint density at radius 1 is 1.07 bits per heavy atom. The van der Waals surface area contributed by atoms with Crippen molar-refractivity contribution in [3.63, 3.8) is 0 Å². The molecule has 1 aliphatic heterocycles. The van der Waals surface area contributed by atoms with Crippen molar-refractivity contribution in [1.29, 1.82) is 0 Å². The van der Waals surface area contributed by atoms with Crippen molar-refractivity contribution in [2.24, 2.45) is 5.16 Å². The molecular formula is C8H11N3O4. The van der Waals surface area contributed by atoms with Crippen molar-refractivity contribution < 1.29 is 19.6 Å². The van der Waals surface area contributed by atoms with E-state index in [4.69, 9.17) is 5.21 Å². The summed E-state index contributed by atoms with van der Waals surface area (Å²) in [5, 5.41) is 11.1. The minimum Gasteiger partial charge on any atom is -0.410 e. The van der Waals surface area contributed by atoms with Gasteiger partial charge in [-0.05, 0) is 13.8 Å². The molecule has 0 spiro atoms. The molecule has 1 fully saturated rings. The van der Waals surface area contributed by atoms with Crippen molar-refractivity contribution in [3.05, 3.63) is 0 Å². The third-order valence-electron chi connectivity index (χ3n) is 2.09. The summed E-state index contributed by atoms with van der Waals surface area (Å²) in [6.07, 6.45) is 0. The van der Waals surface area contributed by atoms with E-state index in [1.165, 1.54) is 0 Å². The van der Waals surface area contributed by atoms with E-state index < -0.39 is 23.6 Å². The van der Waals surface area contributed by atoms with Crippen LogP contribution in [0.4, 0.5) is 4.79 Å². The van der Waals surface area contributed by atoms with Gasteiger partial charge in [0.25, 0.3) is 11.8 Å². The lowest BCUT2D eigenvalue weighted by atomic mass is 10.2. The van der Waals surface area contributed by atoms with Gasteiger partial charge in [-0.1, -0.05) is 5.16 Å². The SMILES string of the molecule is CCN1C(=O)C(=NO)C(=O)N(CC)C1=O. The van der Waals surface area contributed by atoms with Crippen molar-refractivity contribution in [3.8, 4) is 0 Å². The molecule has 0 radical (unpaired) electrons. The Kier molecular flexibility index (Phi) is 3.03. The van der Waals surface area contributed by atoms with Gasteiger partial charge < -0.3 is 5.21 Å². The Morgan fingerprint density at radius 2 is 1.47 bits per heavy atom. The average molecular weight is 213 g/mol. The second-order valence-electron chi connectivity index (χ2n) is 2.83. The largest absolute Gasteiger partial charge is 0.410 e.